The van der Waals surface area contributed by atoms with Gasteiger partial charge in [-0.1, -0.05) is 55.1 Å². The van der Waals surface area contributed by atoms with Crippen LogP contribution < -0.4 is 4.74 Å². The number of rotatable bonds is 6. The number of hydrogen-bond acceptors (Lipinski definition) is 4. The molecular weight excluding hydrogens is 405 g/mol. The predicted molar refractivity (Wildman–Crippen MR) is 123 cm³/mol. The molecule has 32 heavy (non-hydrogen) atoms. The number of pyridine rings is 1. The summed E-state index contributed by atoms with van der Waals surface area (Å²) < 4.78 is 24.3. The summed E-state index contributed by atoms with van der Waals surface area (Å²) in [6.45, 7) is 6.29. The molecule has 0 aliphatic rings. The van der Waals surface area contributed by atoms with E-state index in [1.165, 1.54) is 19.2 Å². The lowest BCUT2D eigenvalue weighted by Crippen LogP contribution is -2.10. The molecule has 0 aliphatic carbocycles. The first-order valence-electron chi connectivity index (χ1n) is 10.1. The lowest BCUT2D eigenvalue weighted by Gasteiger charge is -2.16. The van der Waals surface area contributed by atoms with Crippen LogP contribution >= 0.6 is 0 Å². The summed E-state index contributed by atoms with van der Waals surface area (Å²) in [5, 5.41) is 1.59. The second-order valence-corrected chi connectivity index (χ2v) is 7.39. The standard InChI is InChI=1S/C27H22FNO3/c1-17(20-9-12-22(28)13-10-20)21-11-14-23-24(15-21)18(2)29-25(27(30)31-3)26(23)32-16-19-7-5-4-6-8-19/h4-15H,1,16H2,2-3H3. The van der Waals surface area contributed by atoms with E-state index in [2.05, 4.69) is 11.6 Å². The minimum atomic E-state index is -0.558. The molecule has 5 heteroatoms. The molecule has 0 fully saturated rings. The van der Waals surface area contributed by atoms with Crippen LogP contribution in [0, 0.1) is 12.7 Å². The Morgan fingerprint density at radius 2 is 1.66 bits per heavy atom. The number of benzene rings is 3. The Balaban J connectivity index is 1.79. The number of aromatic nitrogens is 1. The van der Waals surface area contributed by atoms with Crippen molar-refractivity contribution in [2.24, 2.45) is 0 Å². The second kappa shape index (κ2) is 9.02. The number of aryl methyl sites for hydroxylation is 1. The molecule has 0 N–H and O–H groups in total. The molecule has 0 radical (unpaired) electrons. The molecule has 0 aliphatic heterocycles. The highest BCUT2D eigenvalue weighted by molar-refractivity contribution is 6.01. The van der Waals surface area contributed by atoms with Crippen LogP contribution in [-0.4, -0.2) is 18.1 Å². The van der Waals surface area contributed by atoms with Crippen molar-refractivity contribution in [1.29, 1.82) is 0 Å². The van der Waals surface area contributed by atoms with Crippen molar-refractivity contribution in [2.75, 3.05) is 7.11 Å². The molecule has 0 atom stereocenters. The molecule has 0 spiro atoms. The molecule has 0 amide bonds. The maximum atomic E-state index is 13.3. The van der Waals surface area contributed by atoms with Crippen LogP contribution in [-0.2, 0) is 11.3 Å². The Morgan fingerprint density at radius 3 is 2.34 bits per heavy atom. The molecule has 1 aromatic heterocycles. The Morgan fingerprint density at radius 1 is 0.969 bits per heavy atom. The van der Waals surface area contributed by atoms with Crippen molar-refractivity contribution in [2.45, 2.75) is 13.5 Å². The van der Waals surface area contributed by atoms with Gasteiger partial charge in [0.15, 0.2) is 11.4 Å². The summed E-state index contributed by atoms with van der Waals surface area (Å²) >= 11 is 0. The van der Waals surface area contributed by atoms with Crippen LogP contribution in [0.25, 0.3) is 16.3 Å². The Bertz CT molecular complexity index is 1300. The van der Waals surface area contributed by atoms with Gasteiger partial charge in [-0.25, -0.2) is 14.2 Å². The zero-order valence-electron chi connectivity index (χ0n) is 17.9. The van der Waals surface area contributed by atoms with E-state index in [1.54, 1.807) is 12.1 Å². The van der Waals surface area contributed by atoms with Gasteiger partial charge in [-0.2, -0.15) is 0 Å². The summed E-state index contributed by atoms with van der Waals surface area (Å²) in [5.74, 6) is -0.478. The first kappa shape index (κ1) is 21.2. The van der Waals surface area contributed by atoms with E-state index < -0.39 is 5.97 Å². The largest absolute Gasteiger partial charge is 0.486 e. The lowest BCUT2D eigenvalue weighted by molar-refractivity contribution is 0.0588. The van der Waals surface area contributed by atoms with Crippen molar-refractivity contribution in [3.63, 3.8) is 0 Å². The van der Waals surface area contributed by atoms with E-state index in [-0.39, 0.29) is 18.1 Å². The topological polar surface area (TPSA) is 48.4 Å². The molecule has 4 nitrogen and oxygen atoms in total. The molecule has 4 aromatic rings. The highest BCUT2D eigenvalue weighted by atomic mass is 19.1. The zero-order valence-corrected chi connectivity index (χ0v) is 17.9. The van der Waals surface area contributed by atoms with Crippen LogP contribution in [0.5, 0.6) is 5.75 Å². The maximum absolute atomic E-state index is 13.3. The molecule has 160 valence electrons. The van der Waals surface area contributed by atoms with E-state index in [0.717, 1.165) is 33.0 Å². The third kappa shape index (κ3) is 4.23. The van der Waals surface area contributed by atoms with Gasteiger partial charge in [0.1, 0.15) is 12.4 Å². The fourth-order valence-electron chi connectivity index (χ4n) is 3.56. The van der Waals surface area contributed by atoms with E-state index in [9.17, 15) is 9.18 Å². The van der Waals surface area contributed by atoms with Crippen LogP contribution in [0.1, 0.15) is 32.9 Å². The summed E-state index contributed by atoms with van der Waals surface area (Å²) in [6.07, 6.45) is 0. The molecule has 0 saturated carbocycles. The fraction of sp³-hybridized carbons (Fsp3) is 0.111. The Labute approximate surface area is 186 Å². The third-order valence-electron chi connectivity index (χ3n) is 5.29. The van der Waals surface area contributed by atoms with Gasteiger partial charge >= 0.3 is 5.97 Å². The summed E-state index contributed by atoms with van der Waals surface area (Å²) in [6, 6.07) is 21.7. The van der Waals surface area contributed by atoms with Crippen LogP contribution in [0.4, 0.5) is 4.39 Å². The van der Waals surface area contributed by atoms with Crippen molar-refractivity contribution >= 4 is 22.3 Å². The number of ether oxygens (including phenoxy) is 2. The van der Waals surface area contributed by atoms with Crippen LogP contribution in [0.2, 0.25) is 0 Å². The smallest absolute Gasteiger partial charge is 0.360 e. The second-order valence-electron chi connectivity index (χ2n) is 7.39. The maximum Gasteiger partial charge on any atom is 0.360 e. The first-order chi connectivity index (χ1) is 15.5. The van der Waals surface area contributed by atoms with Gasteiger partial charge in [-0.15, -0.1) is 0 Å². The first-order valence-corrected chi connectivity index (χ1v) is 10.1. The molecule has 0 unspecified atom stereocenters. The number of hydrogen-bond donors (Lipinski definition) is 0. The summed E-state index contributed by atoms with van der Waals surface area (Å²) in [7, 11) is 1.32. The van der Waals surface area contributed by atoms with Crippen molar-refractivity contribution in [3.8, 4) is 5.75 Å². The third-order valence-corrected chi connectivity index (χ3v) is 5.29. The van der Waals surface area contributed by atoms with E-state index in [1.807, 2.05) is 55.5 Å². The van der Waals surface area contributed by atoms with Gasteiger partial charge in [0.2, 0.25) is 0 Å². The minimum Gasteiger partial charge on any atom is -0.486 e. The van der Waals surface area contributed by atoms with Gasteiger partial charge < -0.3 is 9.47 Å². The summed E-state index contributed by atoms with van der Waals surface area (Å²) in [4.78, 5) is 16.9. The molecule has 0 bridgehead atoms. The normalized spacial score (nSPS) is 10.7. The molecule has 0 saturated heterocycles. The molecule has 3 aromatic carbocycles. The number of carbonyl (C=O) groups is 1. The molecule has 1 heterocycles. The van der Waals surface area contributed by atoms with Gasteiger partial charge in [0, 0.05) is 16.5 Å². The van der Waals surface area contributed by atoms with Crippen LogP contribution in [0.15, 0.2) is 79.4 Å². The zero-order chi connectivity index (χ0) is 22.7. The number of carbonyl (C=O) groups excluding carboxylic acids is 1. The van der Waals surface area contributed by atoms with Crippen molar-refractivity contribution < 1.29 is 18.7 Å². The predicted octanol–water partition coefficient (Wildman–Crippen LogP) is 6.11. The number of halogens is 1. The molecule has 4 rings (SSSR count). The van der Waals surface area contributed by atoms with Crippen molar-refractivity contribution in [3.05, 3.63) is 113 Å². The highest BCUT2D eigenvalue weighted by Gasteiger charge is 2.21. The average molecular weight is 427 g/mol. The molecular formula is C27H22FNO3. The van der Waals surface area contributed by atoms with E-state index in [0.29, 0.717) is 11.4 Å². The summed E-state index contributed by atoms with van der Waals surface area (Å²) in [5.41, 5.74) is 4.23. The monoisotopic (exact) mass is 427 g/mol. The number of methoxy groups -OCH3 is 1. The fourth-order valence-corrected chi connectivity index (χ4v) is 3.56. The SMILES string of the molecule is C=C(c1ccc(F)cc1)c1ccc2c(OCc3ccccc3)c(C(=O)OC)nc(C)c2c1. The highest BCUT2D eigenvalue weighted by Crippen LogP contribution is 2.34. The number of fused-ring (bicyclic) bond motifs is 1. The minimum absolute atomic E-state index is 0.138. The Kier molecular flexibility index (Phi) is 5.99. The van der Waals surface area contributed by atoms with Crippen molar-refractivity contribution in [1.82, 2.24) is 4.98 Å². The van der Waals surface area contributed by atoms with E-state index >= 15 is 0 Å². The van der Waals surface area contributed by atoms with E-state index in [4.69, 9.17) is 9.47 Å². The van der Waals surface area contributed by atoms with Gasteiger partial charge in [-0.05, 0) is 53.5 Å². The average Bonchev–Trinajstić information content (AvgIpc) is 2.83. The lowest BCUT2D eigenvalue weighted by atomic mass is 9.96. The van der Waals surface area contributed by atoms with Crippen LogP contribution in [0.3, 0.4) is 0 Å². The number of esters is 1. The van der Waals surface area contributed by atoms with Gasteiger partial charge in [0.05, 0.1) is 7.11 Å². The quantitative estimate of drug-likeness (QED) is 0.348. The van der Waals surface area contributed by atoms with Gasteiger partial charge in [0.25, 0.3) is 0 Å². The van der Waals surface area contributed by atoms with Gasteiger partial charge in [-0.3, -0.25) is 0 Å². The number of nitrogens with zero attached hydrogens (tertiary/aromatic N) is 1. The Hall–Kier alpha value is -3.99.